The van der Waals surface area contributed by atoms with E-state index in [2.05, 4.69) is 21.7 Å². The Morgan fingerprint density at radius 3 is 2.81 bits per heavy atom. The number of aliphatic imine (C=N–C) groups is 1. The number of hydrogen-bond donors (Lipinski definition) is 2. The molecule has 21 heavy (non-hydrogen) atoms. The molecule has 0 saturated heterocycles. The fraction of sp³-hybridized carbons (Fsp3) is 0.562. The number of hydrogen-bond acceptors (Lipinski definition) is 3. The molecular formula is C16H25N3O2. The van der Waals surface area contributed by atoms with Crippen LogP contribution in [-0.2, 0) is 11.2 Å². The van der Waals surface area contributed by atoms with E-state index in [9.17, 15) is 0 Å². The average molecular weight is 291 g/mol. The Balaban J connectivity index is 1.78. The highest BCUT2D eigenvalue weighted by Crippen LogP contribution is 2.27. The first-order valence-corrected chi connectivity index (χ1v) is 7.28. The van der Waals surface area contributed by atoms with E-state index in [1.54, 1.807) is 14.2 Å². The molecule has 2 N–H and O–H groups in total. The Labute approximate surface area is 126 Å². The fourth-order valence-corrected chi connectivity index (χ4v) is 2.17. The van der Waals surface area contributed by atoms with E-state index in [1.165, 1.54) is 5.56 Å². The number of para-hydroxylation sites is 1. The van der Waals surface area contributed by atoms with Crippen molar-refractivity contribution in [1.82, 2.24) is 10.6 Å². The third kappa shape index (κ3) is 4.36. The Bertz CT molecular complexity index is 475. The van der Waals surface area contributed by atoms with E-state index in [1.807, 2.05) is 32.0 Å². The summed E-state index contributed by atoms with van der Waals surface area (Å²) in [5.41, 5.74) is 1.05. The van der Waals surface area contributed by atoms with E-state index < -0.39 is 0 Å². The summed E-state index contributed by atoms with van der Waals surface area (Å²) in [5, 5.41) is 6.57. The Morgan fingerprint density at radius 2 is 2.14 bits per heavy atom. The van der Waals surface area contributed by atoms with Crippen molar-refractivity contribution < 1.29 is 9.47 Å². The van der Waals surface area contributed by atoms with Gasteiger partial charge >= 0.3 is 0 Å². The zero-order valence-electron chi connectivity index (χ0n) is 13.3. The number of rotatable bonds is 5. The van der Waals surface area contributed by atoms with Gasteiger partial charge in [0.15, 0.2) is 5.96 Å². The largest absolute Gasteiger partial charge is 0.488 e. The van der Waals surface area contributed by atoms with Crippen molar-refractivity contribution in [3.63, 3.8) is 0 Å². The van der Waals surface area contributed by atoms with Gasteiger partial charge in [0, 0.05) is 27.1 Å². The molecule has 1 aliphatic rings. The van der Waals surface area contributed by atoms with Gasteiger partial charge in [-0.25, -0.2) is 0 Å². The van der Waals surface area contributed by atoms with Crippen molar-refractivity contribution in [2.45, 2.75) is 32.0 Å². The smallest absolute Gasteiger partial charge is 0.191 e. The van der Waals surface area contributed by atoms with Gasteiger partial charge in [0.25, 0.3) is 0 Å². The minimum atomic E-state index is -0.224. The van der Waals surface area contributed by atoms with Crippen LogP contribution in [0, 0.1) is 0 Å². The Kier molecular flexibility index (Phi) is 5.07. The van der Waals surface area contributed by atoms with Gasteiger partial charge in [-0.2, -0.15) is 0 Å². The Morgan fingerprint density at radius 1 is 1.38 bits per heavy atom. The molecule has 1 aromatic carbocycles. The summed E-state index contributed by atoms with van der Waals surface area (Å²) < 4.78 is 11.3. The van der Waals surface area contributed by atoms with Crippen LogP contribution in [-0.4, -0.2) is 44.9 Å². The van der Waals surface area contributed by atoms with Crippen LogP contribution in [0.2, 0.25) is 0 Å². The van der Waals surface area contributed by atoms with Crippen LogP contribution in [0.4, 0.5) is 0 Å². The summed E-state index contributed by atoms with van der Waals surface area (Å²) in [7, 11) is 3.47. The maximum atomic E-state index is 5.90. The van der Waals surface area contributed by atoms with Crippen molar-refractivity contribution in [1.29, 1.82) is 0 Å². The monoisotopic (exact) mass is 291 g/mol. The minimum Gasteiger partial charge on any atom is -0.488 e. The highest BCUT2D eigenvalue weighted by Gasteiger charge is 2.22. The zero-order valence-corrected chi connectivity index (χ0v) is 13.3. The lowest BCUT2D eigenvalue weighted by Gasteiger charge is -2.24. The molecule has 2 rings (SSSR count). The van der Waals surface area contributed by atoms with Gasteiger partial charge in [-0.05, 0) is 25.5 Å². The lowest BCUT2D eigenvalue weighted by Crippen LogP contribution is -2.47. The van der Waals surface area contributed by atoms with E-state index in [4.69, 9.17) is 9.47 Å². The topological polar surface area (TPSA) is 54.9 Å². The summed E-state index contributed by atoms with van der Waals surface area (Å²) in [6, 6.07) is 8.18. The van der Waals surface area contributed by atoms with Gasteiger partial charge in [-0.15, -0.1) is 0 Å². The molecule has 0 amide bonds. The Hall–Kier alpha value is -1.75. The second kappa shape index (κ2) is 6.80. The first-order valence-electron chi connectivity index (χ1n) is 7.28. The van der Waals surface area contributed by atoms with E-state index in [0.717, 1.165) is 24.7 Å². The quantitative estimate of drug-likeness (QED) is 0.639. The lowest BCUT2D eigenvalue weighted by molar-refractivity contribution is 0.0268. The second-order valence-electron chi connectivity index (χ2n) is 5.82. The second-order valence-corrected chi connectivity index (χ2v) is 5.82. The first-order chi connectivity index (χ1) is 10.0. The normalized spacial score (nSPS) is 18.1. The molecule has 5 heteroatoms. The van der Waals surface area contributed by atoms with Crippen LogP contribution >= 0.6 is 0 Å². The van der Waals surface area contributed by atoms with Gasteiger partial charge in [-0.3, -0.25) is 4.99 Å². The molecule has 0 spiro atoms. The summed E-state index contributed by atoms with van der Waals surface area (Å²) in [4.78, 5) is 4.22. The third-order valence-corrected chi connectivity index (χ3v) is 3.67. The maximum Gasteiger partial charge on any atom is 0.191 e. The average Bonchev–Trinajstić information content (AvgIpc) is 2.90. The van der Waals surface area contributed by atoms with Gasteiger partial charge in [-0.1, -0.05) is 18.2 Å². The van der Waals surface area contributed by atoms with E-state index in [0.29, 0.717) is 6.54 Å². The molecule has 0 aliphatic carbocycles. The predicted molar refractivity (Wildman–Crippen MR) is 85.0 cm³/mol. The number of ether oxygens (including phenoxy) is 2. The number of nitrogens with one attached hydrogen (secondary N) is 2. The summed E-state index contributed by atoms with van der Waals surface area (Å²) >= 11 is 0. The SMILES string of the molecule is CN=C(NCC1Cc2ccccc2O1)NCC(C)(C)OC. The molecule has 0 bridgehead atoms. The highest BCUT2D eigenvalue weighted by atomic mass is 16.5. The molecule has 0 saturated carbocycles. The van der Waals surface area contributed by atoms with Crippen LogP contribution < -0.4 is 15.4 Å². The predicted octanol–water partition coefficient (Wildman–Crippen LogP) is 1.58. The van der Waals surface area contributed by atoms with E-state index in [-0.39, 0.29) is 11.7 Å². The minimum absolute atomic E-state index is 0.149. The molecular weight excluding hydrogens is 266 g/mol. The van der Waals surface area contributed by atoms with Gasteiger partial charge in [0.05, 0.1) is 12.1 Å². The molecule has 0 radical (unpaired) electrons. The lowest BCUT2D eigenvalue weighted by atomic mass is 10.1. The van der Waals surface area contributed by atoms with Crippen LogP contribution in [0.1, 0.15) is 19.4 Å². The van der Waals surface area contributed by atoms with Crippen molar-refractivity contribution in [2.75, 3.05) is 27.2 Å². The van der Waals surface area contributed by atoms with Gasteiger partial charge in [0.2, 0.25) is 0 Å². The fourth-order valence-electron chi connectivity index (χ4n) is 2.17. The molecule has 1 unspecified atom stereocenters. The summed E-state index contributed by atoms with van der Waals surface area (Å²) in [6.07, 6.45) is 1.08. The number of benzene rings is 1. The van der Waals surface area contributed by atoms with Crippen molar-refractivity contribution in [3.05, 3.63) is 29.8 Å². The number of methoxy groups -OCH3 is 1. The molecule has 0 fully saturated rings. The van der Waals surface area contributed by atoms with Crippen molar-refractivity contribution >= 4 is 5.96 Å². The zero-order chi connectivity index (χ0) is 15.3. The molecule has 116 valence electrons. The van der Waals surface area contributed by atoms with Crippen molar-refractivity contribution in [2.24, 2.45) is 4.99 Å². The van der Waals surface area contributed by atoms with E-state index >= 15 is 0 Å². The van der Waals surface area contributed by atoms with Crippen molar-refractivity contribution in [3.8, 4) is 5.75 Å². The standard InChI is InChI=1S/C16H25N3O2/c1-16(2,20-4)11-19-15(17-3)18-10-13-9-12-7-5-6-8-14(12)21-13/h5-8,13H,9-11H2,1-4H3,(H2,17,18,19). The maximum absolute atomic E-state index is 5.90. The van der Waals surface area contributed by atoms with Crippen LogP contribution in [0.3, 0.4) is 0 Å². The summed E-state index contributed by atoms with van der Waals surface area (Å²) in [5.74, 6) is 1.76. The molecule has 1 heterocycles. The number of guanidine groups is 1. The number of nitrogens with zero attached hydrogens (tertiary/aromatic N) is 1. The molecule has 1 aliphatic heterocycles. The first kappa shape index (κ1) is 15.6. The highest BCUT2D eigenvalue weighted by molar-refractivity contribution is 5.79. The van der Waals surface area contributed by atoms with Gasteiger partial charge in [0.1, 0.15) is 11.9 Å². The van der Waals surface area contributed by atoms with Crippen LogP contribution in [0.25, 0.3) is 0 Å². The number of fused-ring (bicyclic) bond motifs is 1. The molecule has 0 aromatic heterocycles. The molecule has 5 nitrogen and oxygen atoms in total. The molecule has 1 atom stereocenters. The third-order valence-electron chi connectivity index (χ3n) is 3.67. The summed E-state index contributed by atoms with van der Waals surface area (Å²) in [6.45, 7) is 5.48. The van der Waals surface area contributed by atoms with Crippen LogP contribution in [0.5, 0.6) is 5.75 Å². The van der Waals surface area contributed by atoms with Crippen LogP contribution in [0.15, 0.2) is 29.3 Å². The van der Waals surface area contributed by atoms with Gasteiger partial charge < -0.3 is 20.1 Å². The molecule has 1 aromatic rings.